The maximum atomic E-state index is 12.1. The van der Waals surface area contributed by atoms with Crippen LogP contribution in [-0.2, 0) is 9.59 Å². The molecular formula is C41H38Cl4N4O9S2. The highest BCUT2D eigenvalue weighted by molar-refractivity contribution is 7.11. The Balaban J connectivity index is 0.000000262. The Labute approximate surface area is 373 Å². The number of aliphatic carboxylic acids is 1. The number of carboxylic acids is 1. The summed E-state index contributed by atoms with van der Waals surface area (Å²) in [5.74, 6) is -0.0665. The summed E-state index contributed by atoms with van der Waals surface area (Å²) in [6, 6.07) is 23.0. The summed E-state index contributed by atoms with van der Waals surface area (Å²) < 4.78 is 21.1. The van der Waals surface area contributed by atoms with Crippen molar-refractivity contribution in [3.8, 4) is 23.0 Å². The van der Waals surface area contributed by atoms with Crippen molar-refractivity contribution in [2.24, 2.45) is 0 Å². The lowest BCUT2D eigenvalue weighted by molar-refractivity contribution is -0.137. The maximum Gasteiger partial charge on any atom is 0.372 e. The number of anilines is 2. The highest BCUT2D eigenvalue weighted by atomic mass is 35.5. The molecule has 0 unspecified atom stereocenters. The minimum atomic E-state index is -0.833. The predicted molar refractivity (Wildman–Crippen MR) is 237 cm³/mol. The minimum Gasteiger partial charge on any atom is -0.492 e. The van der Waals surface area contributed by atoms with Crippen LogP contribution in [0, 0.1) is 0 Å². The van der Waals surface area contributed by atoms with Crippen LogP contribution in [0.25, 0.3) is 0 Å². The molecule has 2 aromatic heterocycles. The standard InChI is InChI=1S/C20H16Cl2N2O4S.C10H10Cl2O3.C10H8N2O2S.CH4/c21-13-3-8-17(16(22)12-13)27-10-1-2-18(25)24-14-4-6-15(7-5-14)28-20(26)19-23-9-11-29-19;11-7-3-4-9(8(12)6-7)15-5-1-2-10(13)14;11-7-1-3-8(4-2-7)14-10(13)9-12-5-6-15-9;/h3-9,11-12H,1-2,10H2,(H,24,25);3-4,6H,1-2,5H2,(H,13,14);1-6H,11H2;1H4. The van der Waals surface area contributed by atoms with Crippen molar-refractivity contribution in [3.05, 3.63) is 138 Å². The molecular weight excluding hydrogens is 898 g/mol. The van der Waals surface area contributed by atoms with Crippen LogP contribution in [0.5, 0.6) is 23.0 Å². The van der Waals surface area contributed by atoms with E-state index in [9.17, 15) is 19.2 Å². The van der Waals surface area contributed by atoms with Crippen molar-refractivity contribution >= 4 is 104 Å². The summed E-state index contributed by atoms with van der Waals surface area (Å²) in [4.78, 5) is 53.3. The molecule has 0 radical (unpaired) electrons. The second-order valence-corrected chi connectivity index (χ2v) is 15.0. The number of nitrogens with two attached hydrogens (primary N) is 1. The van der Waals surface area contributed by atoms with Gasteiger partial charge < -0.3 is 35.1 Å². The number of thiazole rings is 2. The number of aromatic nitrogens is 2. The summed E-state index contributed by atoms with van der Waals surface area (Å²) in [7, 11) is 0. The number of carbonyl (C=O) groups is 4. The van der Waals surface area contributed by atoms with Crippen LogP contribution in [0.2, 0.25) is 20.1 Å². The van der Waals surface area contributed by atoms with E-state index in [0.717, 1.165) is 0 Å². The van der Waals surface area contributed by atoms with E-state index in [1.807, 2.05) is 0 Å². The van der Waals surface area contributed by atoms with Crippen molar-refractivity contribution in [2.45, 2.75) is 33.1 Å². The zero-order chi connectivity index (χ0) is 42.6. The van der Waals surface area contributed by atoms with Gasteiger partial charge in [0, 0.05) is 57.4 Å². The topological polar surface area (TPSA) is 189 Å². The number of hydrogen-bond donors (Lipinski definition) is 3. The average Bonchev–Trinajstić information content (AvgIpc) is 3.95. The van der Waals surface area contributed by atoms with Gasteiger partial charge in [-0.2, -0.15) is 0 Å². The first-order chi connectivity index (χ1) is 28.4. The van der Waals surface area contributed by atoms with Crippen molar-refractivity contribution in [3.63, 3.8) is 0 Å². The van der Waals surface area contributed by atoms with Crippen LogP contribution in [0.15, 0.2) is 108 Å². The summed E-state index contributed by atoms with van der Waals surface area (Å²) in [6.45, 7) is 0.675. The lowest BCUT2D eigenvalue weighted by Gasteiger charge is -2.09. The van der Waals surface area contributed by atoms with Gasteiger partial charge in [-0.05, 0) is 97.8 Å². The Morgan fingerprint density at radius 3 is 1.52 bits per heavy atom. The van der Waals surface area contributed by atoms with E-state index in [1.54, 1.807) is 102 Å². The zero-order valence-electron chi connectivity index (χ0n) is 30.6. The molecule has 6 aromatic rings. The summed E-state index contributed by atoms with van der Waals surface area (Å²) in [5.41, 5.74) is 6.73. The van der Waals surface area contributed by atoms with Crippen LogP contribution < -0.4 is 30.0 Å². The molecule has 0 atom stereocenters. The number of nitrogens with zero attached hydrogens (tertiary/aromatic N) is 2. The number of carboxylic acid groups (broad SMARTS) is 1. The fourth-order valence-electron chi connectivity index (χ4n) is 4.32. The molecule has 0 spiro atoms. The van der Waals surface area contributed by atoms with E-state index in [4.69, 9.17) is 76.2 Å². The number of nitrogens with one attached hydrogen (secondary N) is 1. The van der Waals surface area contributed by atoms with E-state index in [0.29, 0.717) is 85.5 Å². The number of halogens is 4. The van der Waals surface area contributed by atoms with Crippen LogP contribution in [0.4, 0.5) is 11.4 Å². The highest BCUT2D eigenvalue weighted by Gasteiger charge is 2.13. The monoisotopic (exact) mass is 934 g/mol. The van der Waals surface area contributed by atoms with Crippen molar-refractivity contribution in [1.29, 1.82) is 0 Å². The molecule has 0 fully saturated rings. The average molecular weight is 937 g/mol. The quantitative estimate of drug-likeness (QED) is 0.0383. The Bertz CT molecular complexity index is 2270. The molecule has 0 saturated heterocycles. The minimum absolute atomic E-state index is 0. The summed E-state index contributed by atoms with van der Waals surface area (Å²) in [5, 5.41) is 17.2. The molecule has 4 aromatic carbocycles. The predicted octanol–water partition coefficient (Wildman–Crippen LogP) is 11.3. The van der Waals surface area contributed by atoms with E-state index in [1.165, 1.54) is 28.9 Å². The maximum absolute atomic E-state index is 12.1. The van der Waals surface area contributed by atoms with E-state index >= 15 is 0 Å². The molecule has 1 amide bonds. The first-order valence-corrected chi connectivity index (χ1v) is 20.5. The van der Waals surface area contributed by atoms with Crippen molar-refractivity contribution < 1.29 is 43.2 Å². The molecule has 60 heavy (non-hydrogen) atoms. The molecule has 0 aliphatic heterocycles. The number of amides is 1. The second kappa shape index (κ2) is 25.9. The van der Waals surface area contributed by atoms with Gasteiger partial charge in [0.1, 0.15) is 23.0 Å². The SMILES string of the molecule is C.Nc1ccc(OC(=O)c2nccs2)cc1.O=C(CCCOc1ccc(Cl)cc1Cl)Nc1ccc(OC(=O)c2nccs2)cc1.O=C(O)CCCOc1ccc(Cl)cc1Cl. The van der Waals surface area contributed by atoms with Gasteiger partial charge in [0.25, 0.3) is 0 Å². The van der Waals surface area contributed by atoms with E-state index in [-0.39, 0.29) is 31.2 Å². The van der Waals surface area contributed by atoms with Crippen LogP contribution in [-0.4, -0.2) is 52.1 Å². The van der Waals surface area contributed by atoms with E-state index in [2.05, 4.69) is 15.3 Å². The lowest BCUT2D eigenvalue weighted by atomic mass is 10.2. The Hall–Kier alpha value is -5.42. The third-order valence-corrected chi connectivity index (χ3v) is 9.61. The summed E-state index contributed by atoms with van der Waals surface area (Å²) >= 11 is 25.9. The molecule has 0 bridgehead atoms. The van der Waals surface area contributed by atoms with Crippen LogP contribution in [0.1, 0.15) is 52.7 Å². The Morgan fingerprint density at radius 2 is 1.10 bits per heavy atom. The van der Waals surface area contributed by atoms with Gasteiger partial charge in [-0.1, -0.05) is 53.8 Å². The number of carbonyl (C=O) groups excluding carboxylic acids is 3. The molecule has 6 rings (SSSR count). The molecule has 13 nitrogen and oxygen atoms in total. The molecule has 19 heteroatoms. The molecule has 0 aliphatic rings. The Kier molecular flexibility index (Phi) is 21.2. The number of rotatable bonds is 15. The Morgan fingerprint density at radius 1 is 0.650 bits per heavy atom. The van der Waals surface area contributed by atoms with Gasteiger partial charge in [0.15, 0.2) is 0 Å². The fourth-order valence-corrected chi connectivity index (χ4v) is 6.27. The smallest absolute Gasteiger partial charge is 0.372 e. The van der Waals surface area contributed by atoms with Crippen LogP contribution in [0.3, 0.4) is 0 Å². The molecule has 0 aliphatic carbocycles. The molecule has 2 heterocycles. The van der Waals surface area contributed by atoms with Gasteiger partial charge in [0.2, 0.25) is 15.9 Å². The molecule has 0 saturated carbocycles. The first-order valence-electron chi connectivity index (χ1n) is 17.2. The van der Waals surface area contributed by atoms with Gasteiger partial charge >= 0.3 is 17.9 Å². The van der Waals surface area contributed by atoms with Gasteiger partial charge in [-0.25, -0.2) is 19.6 Å². The third kappa shape index (κ3) is 17.8. The third-order valence-electron chi connectivity index (χ3n) is 7.04. The number of hydrogen-bond acceptors (Lipinski definition) is 13. The largest absolute Gasteiger partial charge is 0.492 e. The number of nitrogen functional groups attached to an aromatic ring is 1. The molecule has 316 valence electrons. The number of ether oxygens (including phenoxy) is 4. The highest BCUT2D eigenvalue weighted by Crippen LogP contribution is 2.29. The van der Waals surface area contributed by atoms with Crippen molar-refractivity contribution in [1.82, 2.24) is 9.97 Å². The molecule has 4 N–H and O–H groups in total. The summed E-state index contributed by atoms with van der Waals surface area (Å²) in [6.07, 6.45) is 4.44. The number of benzene rings is 4. The van der Waals surface area contributed by atoms with Crippen molar-refractivity contribution in [2.75, 3.05) is 24.3 Å². The van der Waals surface area contributed by atoms with Gasteiger partial charge in [-0.15, -0.1) is 22.7 Å². The normalized spacial score (nSPS) is 10.0. The second-order valence-electron chi connectivity index (χ2n) is 11.5. The van der Waals surface area contributed by atoms with E-state index < -0.39 is 17.9 Å². The van der Waals surface area contributed by atoms with Gasteiger partial charge in [-0.3, -0.25) is 9.59 Å². The fraction of sp³-hybridized carbons (Fsp3) is 0.171. The van der Waals surface area contributed by atoms with Gasteiger partial charge in [0.05, 0.1) is 23.3 Å². The number of esters is 2. The van der Waals surface area contributed by atoms with Crippen LogP contribution >= 0.6 is 69.1 Å². The lowest BCUT2D eigenvalue weighted by Crippen LogP contribution is -2.13. The zero-order valence-corrected chi connectivity index (χ0v) is 35.3. The first kappa shape index (κ1) is 48.9.